The molecule has 0 unspecified atom stereocenters. The van der Waals surface area contributed by atoms with Gasteiger partial charge in [0.05, 0.1) is 0 Å². The summed E-state index contributed by atoms with van der Waals surface area (Å²) >= 11 is 0. The van der Waals surface area contributed by atoms with E-state index in [-0.39, 0.29) is 1.43 Å². The molecule has 4 heavy (non-hydrogen) atoms. The van der Waals surface area contributed by atoms with Gasteiger partial charge in [-0.15, -0.1) is 0 Å². The lowest BCUT2D eigenvalue weighted by atomic mass is 9.58. The largest absolute Gasteiger partial charge is 0.130 e. The van der Waals surface area contributed by atoms with E-state index in [0.29, 0.717) is 0 Å². The molecule has 0 rings (SSSR count). The second-order valence-corrected chi connectivity index (χ2v) is 1.73. The molecule has 0 fully saturated rings. The van der Waals surface area contributed by atoms with Crippen molar-refractivity contribution >= 4 is 6.71 Å². The Bertz CT molecular complexity index is 11.6. The summed E-state index contributed by atoms with van der Waals surface area (Å²) in [7, 11) is 0. The smallest absolute Gasteiger partial charge is 0.0865 e. The molecule has 0 atom stereocenters. The Kier molecular flexibility index (Phi) is 1.41. The highest BCUT2D eigenvalue weighted by molar-refractivity contribution is 6.54. The molecule has 0 amide bonds. The first-order valence-corrected chi connectivity index (χ1v) is 1.73. The van der Waals surface area contributed by atoms with E-state index in [1.807, 2.05) is 0 Å². The summed E-state index contributed by atoms with van der Waals surface area (Å²) in [5, 5.41) is 0. The Morgan fingerprint density at radius 1 is 1.25 bits per heavy atom. The molecule has 0 heterocycles. The molecule has 0 nitrogen and oxygen atoms in total. The summed E-state index contributed by atoms with van der Waals surface area (Å²) in [6.07, 6.45) is 0. The van der Waals surface area contributed by atoms with E-state index in [4.69, 9.17) is 0 Å². The van der Waals surface area contributed by atoms with Crippen LogP contribution in [0.2, 0.25) is 20.5 Å². The van der Waals surface area contributed by atoms with Crippen molar-refractivity contribution in [1.82, 2.24) is 0 Å². The van der Waals surface area contributed by atoms with Crippen LogP contribution in [0.1, 0.15) is 1.43 Å². The first-order chi connectivity index (χ1) is 1.73. The van der Waals surface area contributed by atoms with Gasteiger partial charge < -0.3 is 0 Å². The van der Waals surface area contributed by atoms with E-state index in [1.54, 1.807) is 0 Å². The summed E-state index contributed by atoms with van der Waals surface area (Å²) in [6.45, 7) is 7.33. The van der Waals surface area contributed by atoms with Crippen molar-refractivity contribution in [3.8, 4) is 0 Å². The summed E-state index contributed by atoms with van der Waals surface area (Å²) in [6, 6.07) is 0. The molecule has 0 aromatic heterocycles. The number of rotatable bonds is 0. The van der Waals surface area contributed by atoms with Crippen LogP contribution in [0.15, 0.2) is 0 Å². The van der Waals surface area contributed by atoms with Gasteiger partial charge >= 0.3 is 0 Å². The van der Waals surface area contributed by atoms with Crippen LogP contribution >= 0.6 is 0 Å². The summed E-state index contributed by atoms with van der Waals surface area (Å²) in [4.78, 5) is 0. The monoisotopic (exact) mass is 58.1 g/mol. The first-order valence-electron chi connectivity index (χ1n) is 1.73. The van der Waals surface area contributed by atoms with E-state index in [2.05, 4.69) is 20.5 Å². The van der Waals surface area contributed by atoms with Gasteiger partial charge in [-0.25, -0.2) is 0 Å². The maximum Gasteiger partial charge on any atom is 0.130 e. The average Bonchev–Trinajstić information content (AvgIpc) is 0.811. The zero-order valence-electron chi connectivity index (χ0n) is 3.58. The van der Waals surface area contributed by atoms with Crippen molar-refractivity contribution in [3.63, 3.8) is 0 Å². The maximum absolute atomic E-state index is 2.17. The van der Waals surface area contributed by atoms with Gasteiger partial charge in [0.25, 0.3) is 0 Å². The lowest BCUT2D eigenvalue weighted by molar-refractivity contribution is 1.91. The van der Waals surface area contributed by atoms with Crippen LogP contribution in [0.3, 0.4) is 0 Å². The molecule has 26 valence electrons. The maximum atomic E-state index is 2.17. The Hall–Kier alpha value is 0.0649. The third kappa shape index (κ3) is 555. The molecule has 0 aliphatic carbocycles. The molecule has 0 saturated heterocycles. The fraction of sp³-hybridized carbons (Fsp3) is 1.00. The molecule has 0 radical (unpaired) electrons. The molecule has 0 aromatic carbocycles. The fourth-order valence-electron chi connectivity index (χ4n) is 0. The van der Waals surface area contributed by atoms with Crippen molar-refractivity contribution in [3.05, 3.63) is 0 Å². The number of hydrogen-bond acceptors (Lipinski definition) is 0. The lowest BCUT2D eigenvalue weighted by Gasteiger charge is -1.71. The summed E-state index contributed by atoms with van der Waals surface area (Å²) in [5.74, 6) is 0. The first kappa shape index (κ1) is 4.06. The standard InChI is InChI=1S/C3H9B.H2/c1-4(2)3;/h1-3H3;1H. The van der Waals surface area contributed by atoms with Crippen molar-refractivity contribution in [2.75, 3.05) is 0 Å². The molecule has 0 saturated carbocycles. The Morgan fingerprint density at radius 3 is 1.25 bits per heavy atom. The Balaban J connectivity index is 0. The molecule has 0 aromatic rings. The van der Waals surface area contributed by atoms with Crippen LogP contribution in [0.5, 0.6) is 0 Å². The minimum Gasteiger partial charge on any atom is -0.0865 e. The third-order valence-corrected chi connectivity index (χ3v) is 0. The normalized spacial score (nSPS) is 6.75. The second kappa shape index (κ2) is 1.39. The van der Waals surface area contributed by atoms with Gasteiger partial charge in [-0.3, -0.25) is 0 Å². The fourth-order valence-corrected chi connectivity index (χ4v) is 0. The minimum atomic E-state index is 0. The molecule has 0 bridgehead atoms. The van der Waals surface area contributed by atoms with E-state index >= 15 is 0 Å². The van der Waals surface area contributed by atoms with E-state index in [1.165, 1.54) is 0 Å². The SMILES string of the molecule is CB(C)C.[HH]. The van der Waals surface area contributed by atoms with Gasteiger partial charge in [0.2, 0.25) is 0 Å². The molecule has 0 aliphatic rings. The summed E-state index contributed by atoms with van der Waals surface area (Å²) in [5.41, 5.74) is 0. The molecule has 1 heteroatoms. The molecule has 0 N–H and O–H groups in total. The zero-order chi connectivity index (χ0) is 3.58. The quantitative estimate of drug-likeness (QED) is 0.371. The predicted molar refractivity (Wildman–Crippen MR) is 25.5 cm³/mol. The van der Waals surface area contributed by atoms with Gasteiger partial charge in [-0.2, -0.15) is 0 Å². The summed E-state index contributed by atoms with van der Waals surface area (Å²) < 4.78 is 0. The highest BCUT2D eigenvalue weighted by Crippen LogP contribution is 1.68. The zero-order valence-corrected chi connectivity index (χ0v) is 3.58. The van der Waals surface area contributed by atoms with Gasteiger partial charge in [0.1, 0.15) is 6.71 Å². The van der Waals surface area contributed by atoms with Crippen molar-refractivity contribution in [2.24, 2.45) is 0 Å². The van der Waals surface area contributed by atoms with E-state index < -0.39 is 0 Å². The van der Waals surface area contributed by atoms with Crippen LogP contribution in [-0.4, -0.2) is 6.71 Å². The van der Waals surface area contributed by atoms with Crippen LogP contribution in [0, 0.1) is 0 Å². The molecule has 0 aliphatic heterocycles. The van der Waals surface area contributed by atoms with Crippen LogP contribution in [-0.2, 0) is 0 Å². The van der Waals surface area contributed by atoms with Crippen LogP contribution in [0.4, 0.5) is 0 Å². The second-order valence-electron chi connectivity index (χ2n) is 1.73. The minimum absolute atomic E-state index is 0. The molecular formula is C3H11B. The van der Waals surface area contributed by atoms with E-state index in [0.717, 1.165) is 6.71 Å². The van der Waals surface area contributed by atoms with Crippen molar-refractivity contribution < 1.29 is 1.43 Å². The molecular weight excluding hydrogens is 46.8 g/mol. The van der Waals surface area contributed by atoms with Crippen molar-refractivity contribution in [2.45, 2.75) is 20.5 Å². The number of hydrogen-bond donors (Lipinski definition) is 0. The van der Waals surface area contributed by atoms with Gasteiger partial charge in [-0.1, -0.05) is 20.5 Å². The molecule has 0 spiro atoms. The van der Waals surface area contributed by atoms with Gasteiger partial charge in [-0.05, 0) is 0 Å². The highest BCUT2D eigenvalue weighted by atomic mass is 13.2. The Labute approximate surface area is 29.8 Å². The topological polar surface area (TPSA) is 0 Å². The average molecular weight is 57.9 g/mol. The van der Waals surface area contributed by atoms with Crippen LogP contribution < -0.4 is 0 Å². The van der Waals surface area contributed by atoms with Gasteiger partial charge in [0, 0.05) is 1.43 Å². The Morgan fingerprint density at radius 2 is 1.25 bits per heavy atom. The lowest BCUT2D eigenvalue weighted by Crippen LogP contribution is -1.84. The van der Waals surface area contributed by atoms with Gasteiger partial charge in [0.15, 0.2) is 0 Å². The highest BCUT2D eigenvalue weighted by Gasteiger charge is 1.76. The van der Waals surface area contributed by atoms with E-state index in [9.17, 15) is 0 Å². The van der Waals surface area contributed by atoms with Crippen molar-refractivity contribution in [1.29, 1.82) is 0 Å². The third-order valence-electron chi connectivity index (χ3n) is 0. The van der Waals surface area contributed by atoms with Crippen LogP contribution in [0.25, 0.3) is 0 Å². The predicted octanol–water partition coefficient (Wildman–Crippen LogP) is 1.62.